The molecule has 0 nitrogen and oxygen atoms in total. The Bertz CT molecular complexity index is 2180. The fraction of sp³-hybridized carbons (Fsp3) is 0.182. The molecule has 0 spiro atoms. The van der Waals surface area contributed by atoms with E-state index in [-0.39, 0.29) is 0 Å². The second kappa shape index (κ2) is 11.2. The molecule has 46 heavy (non-hydrogen) atoms. The zero-order chi connectivity index (χ0) is 32.4. The van der Waals surface area contributed by atoms with Crippen LogP contribution in [0.2, 0.25) is 39.3 Å². The molecule has 2 heteroatoms. The minimum atomic E-state index is -1.56. The second-order valence-corrected chi connectivity index (χ2v) is 25.4. The molecule has 0 aliphatic heterocycles. The number of hydrogen-bond donors (Lipinski definition) is 0. The van der Waals surface area contributed by atoms with Crippen LogP contribution in [0.5, 0.6) is 0 Å². The van der Waals surface area contributed by atoms with Crippen LogP contribution in [0.15, 0.2) is 121 Å². The predicted molar refractivity (Wildman–Crippen MR) is 211 cm³/mol. The SMILES string of the molecule is Cc1cc(C)cc(-c2cc(-c3c4ccccc4c(-c4cc([Si](C)(C)C)cc([Si](C)(C)C)c4)c4ccccc34)c3ccccc3c2)c1. The van der Waals surface area contributed by atoms with Crippen molar-refractivity contribution in [2.45, 2.75) is 53.1 Å². The summed E-state index contributed by atoms with van der Waals surface area (Å²) in [6, 6.07) is 46.5. The van der Waals surface area contributed by atoms with E-state index in [2.05, 4.69) is 174 Å². The second-order valence-electron chi connectivity index (χ2n) is 15.3. The molecule has 0 aromatic heterocycles. The van der Waals surface area contributed by atoms with E-state index in [1.807, 2.05) is 0 Å². The minimum absolute atomic E-state index is 1.26. The topological polar surface area (TPSA) is 0 Å². The maximum Gasteiger partial charge on any atom is 0.0776 e. The van der Waals surface area contributed by atoms with E-state index < -0.39 is 16.1 Å². The summed E-state index contributed by atoms with van der Waals surface area (Å²) in [6.45, 7) is 19.3. The van der Waals surface area contributed by atoms with Crippen LogP contribution < -0.4 is 10.4 Å². The summed E-state index contributed by atoms with van der Waals surface area (Å²) in [5, 5.41) is 10.9. The van der Waals surface area contributed by atoms with Crippen molar-refractivity contribution < 1.29 is 0 Å². The van der Waals surface area contributed by atoms with E-state index >= 15 is 0 Å². The molecule has 0 aliphatic rings. The number of benzene rings is 7. The molecular weight excluding hydrogens is 585 g/mol. The lowest BCUT2D eigenvalue weighted by Crippen LogP contribution is -2.45. The molecule has 0 aliphatic carbocycles. The van der Waals surface area contributed by atoms with Gasteiger partial charge in [0, 0.05) is 0 Å². The van der Waals surface area contributed by atoms with Gasteiger partial charge < -0.3 is 0 Å². The van der Waals surface area contributed by atoms with Crippen molar-refractivity contribution in [2.24, 2.45) is 0 Å². The van der Waals surface area contributed by atoms with Gasteiger partial charge in [-0.25, -0.2) is 0 Å². The Balaban J connectivity index is 1.62. The molecular formula is C44H44Si2. The van der Waals surface area contributed by atoms with Gasteiger partial charge in [0.2, 0.25) is 0 Å². The molecule has 0 bridgehead atoms. The Kier molecular flexibility index (Phi) is 7.42. The van der Waals surface area contributed by atoms with Gasteiger partial charge in [-0.1, -0.05) is 170 Å². The highest BCUT2D eigenvalue weighted by molar-refractivity contribution is 6.91. The smallest absolute Gasteiger partial charge is 0.0656 e. The average molecular weight is 629 g/mol. The van der Waals surface area contributed by atoms with Crippen LogP contribution in [0.3, 0.4) is 0 Å². The molecule has 0 saturated heterocycles. The van der Waals surface area contributed by atoms with Crippen LogP contribution in [0.1, 0.15) is 11.1 Å². The Morgan fingerprint density at radius 1 is 0.370 bits per heavy atom. The Morgan fingerprint density at radius 2 is 0.804 bits per heavy atom. The van der Waals surface area contributed by atoms with E-state index in [9.17, 15) is 0 Å². The molecule has 0 atom stereocenters. The molecule has 7 aromatic rings. The third-order valence-electron chi connectivity index (χ3n) is 9.57. The fourth-order valence-electron chi connectivity index (χ4n) is 7.19. The first-order chi connectivity index (χ1) is 21.9. The highest BCUT2D eigenvalue weighted by Crippen LogP contribution is 2.46. The maximum atomic E-state index is 2.55. The third-order valence-corrected chi connectivity index (χ3v) is 13.6. The molecule has 7 aromatic carbocycles. The Labute approximate surface area is 276 Å². The van der Waals surface area contributed by atoms with E-state index in [1.165, 1.54) is 76.8 Å². The number of aryl methyl sites for hydroxylation is 2. The molecule has 0 saturated carbocycles. The maximum absolute atomic E-state index is 2.55. The fourth-order valence-corrected chi connectivity index (χ4v) is 9.69. The van der Waals surface area contributed by atoms with Crippen molar-refractivity contribution in [3.8, 4) is 33.4 Å². The molecule has 228 valence electrons. The predicted octanol–water partition coefficient (Wildman–Crippen LogP) is 11.9. The van der Waals surface area contributed by atoms with Crippen LogP contribution >= 0.6 is 0 Å². The lowest BCUT2D eigenvalue weighted by atomic mass is 9.83. The van der Waals surface area contributed by atoms with Crippen molar-refractivity contribution in [1.29, 1.82) is 0 Å². The summed E-state index contributed by atoms with van der Waals surface area (Å²) in [4.78, 5) is 0. The molecule has 0 amide bonds. The summed E-state index contributed by atoms with van der Waals surface area (Å²) >= 11 is 0. The molecule has 0 N–H and O–H groups in total. The van der Waals surface area contributed by atoms with Gasteiger partial charge in [-0.15, -0.1) is 0 Å². The number of fused-ring (bicyclic) bond motifs is 3. The van der Waals surface area contributed by atoms with Crippen LogP contribution in [-0.4, -0.2) is 16.1 Å². The third kappa shape index (κ3) is 5.44. The summed E-state index contributed by atoms with van der Waals surface area (Å²) < 4.78 is 0. The highest BCUT2D eigenvalue weighted by Gasteiger charge is 2.25. The number of rotatable bonds is 5. The van der Waals surface area contributed by atoms with Crippen molar-refractivity contribution in [2.75, 3.05) is 0 Å². The molecule has 0 heterocycles. The van der Waals surface area contributed by atoms with Gasteiger partial charge in [-0.05, 0) is 91.7 Å². The summed E-state index contributed by atoms with van der Waals surface area (Å²) in [5.41, 5.74) is 10.5. The van der Waals surface area contributed by atoms with E-state index in [0.717, 1.165) is 0 Å². The lowest BCUT2D eigenvalue weighted by molar-refractivity contribution is 1.38. The quantitative estimate of drug-likeness (QED) is 0.131. The van der Waals surface area contributed by atoms with Crippen molar-refractivity contribution in [1.82, 2.24) is 0 Å². The van der Waals surface area contributed by atoms with Gasteiger partial charge in [0.15, 0.2) is 0 Å². The molecule has 0 unspecified atom stereocenters. The first kappa shape index (κ1) is 30.4. The average Bonchev–Trinajstić information content (AvgIpc) is 3.01. The van der Waals surface area contributed by atoms with Gasteiger partial charge in [0.1, 0.15) is 0 Å². The van der Waals surface area contributed by atoms with Gasteiger partial charge in [0.25, 0.3) is 0 Å². The monoisotopic (exact) mass is 628 g/mol. The molecule has 0 fully saturated rings. The van der Waals surface area contributed by atoms with Gasteiger partial charge in [-0.2, -0.15) is 0 Å². The standard InChI is InChI=1S/C44H44Si2/c1-29-21-30(2)23-32(22-29)33-24-31-15-9-10-16-37(31)42(27-33)44-40-19-13-11-17-38(40)43(39-18-12-14-20-41(39)44)34-25-35(45(3,4)5)28-36(26-34)46(6,7)8/h9-28H,1-8H3. The van der Waals surface area contributed by atoms with Crippen molar-refractivity contribution in [3.63, 3.8) is 0 Å². The van der Waals surface area contributed by atoms with E-state index in [1.54, 1.807) is 10.4 Å². The Morgan fingerprint density at radius 3 is 1.30 bits per heavy atom. The van der Waals surface area contributed by atoms with Crippen LogP contribution in [0, 0.1) is 13.8 Å². The molecule has 0 radical (unpaired) electrons. The normalized spacial score (nSPS) is 12.3. The van der Waals surface area contributed by atoms with Crippen LogP contribution in [0.4, 0.5) is 0 Å². The summed E-state index contributed by atoms with van der Waals surface area (Å²) in [7, 11) is -3.12. The van der Waals surface area contributed by atoms with Crippen molar-refractivity contribution in [3.05, 3.63) is 132 Å². The van der Waals surface area contributed by atoms with E-state index in [0.29, 0.717) is 0 Å². The van der Waals surface area contributed by atoms with Gasteiger partial charge in [-0.3, -0.25) is 0 Å². The van der Waals surface area contributed by atoms with Gasteiger partial charge in [0.05, 0.1) is 16.1 Å². The highest BCUT2D eigenvalue weighted by atomic mass is 28.3. The lowest BCUT2D eigenvalue weighted by Gasteiger charge is -2.25. The first-order valence-corrected chi connectivity index (χ1v) is 23.6. The summed E-state index contributed by atoms with van der Waals surface area (Å²) in [5.74, 6) is 0. The largest absolute Gasteiger partial charge is 0.0776 e. The first-order valence-electron chi connectivity index (χ1n) is 16.6. The van der Waals surface area contributed by atoms with Crippen molar-refractivity contribution >= 4 is 58.8 Å². The zero-order valence-electron chi connectivity index (χ0n) is 28.5. The summed E-state index contributed by atoms with van der Waals surface area (Å²) in [6.07, 6.45) is 0. The van der Waals surface area contributed by atoms with Crippen LogP contribution in [0.25, 0.3) is 65.7 Å². The van der Waals surface area contributed by atoms with Crippen LogP contribution in [-0.2, 0) is 0 Å². The van der Waals surface area contributed by atoms with E-state index in [4.69, 9.17) is 0 Å². The van der Waals surface area contributed by atoms with Gasteiger partial charge >= 0.3 is 0 Å². The molecule has 7 rings (SSSR count). The Hall–Kier alpha value is -4.25. The number of hydrogen-bond acceptors (Lipinski definition) is 0. The minimum Gasteiger partial charge on any atom is -0.0656 e. The zero-order valence-corrected chi connectivity index (χ0v) is 30.5.